The van der Waals surface area contributed by atoms with Crippen LogP contribution in [0.4, 0.5) is 11.4 Å². The zero-order valence-corrected chi connectivity index (χ0v) is 20.7. The maximum atomic E-state index is 12.9. The number of hydrogen-bond donors (Lipinski definition) is 4. The molecule has 3 aromatic carbocycles. The van der Waals surface area contributed by atoms with Gasteiger partial charge >= 0.3 is 5.97 Å². The molecule has 0 spiro atoms. The maximum Gasteiger partial charge on any atom is 0.326 e. The first-order valence-electron chi connectivity index (χ1n) is 12.2. The van der Waals surface area contributed by atoms with Crippen LogP contribution < -0.4 is 25.6 Å². The lowest BCUT2D eigenvalue weighted by Crippen LogP contribution is -2.45. The van der Waals surface area contributed by atoms with Gasteiger partial charge < -0.3 is 25.4 Å². The minimum Gasteiger partial charge on any atom is -0.508 e. The number of carbonyl (C=O) groups is 1. The molecule has 9 heteroatoms. The third kappa shape index (κ3) is 4.86. The third-order valence-corrected chi connectivity index (χ3v) is 6.69. The number of nitrogens with zero attached hydrogens (tertiary/aromatic N) is 2. The smallest absolute Gasteiger partial charge is 0.326 e. The molecule has 2 aromatic heterocycles. The highest BCUT2D eigenvalue weighted by molar-refractivity contribution is 5.86. The average Bonchev–Trinajstić information content (AvgIpc) is 3.32. The third-order valence-electron chi connectivity index (χ3n) is 6.69. The first kappa shape index (κ1) is 24.8. The van der Waals surface area contributed by atoms with Crippen molar-refractivity contribution in [1.82, 2.24) is 4.98 Å². The van der Waals surface area contributed by atoms with Crippen LogP contribution in [0.2, 0.25) is 0 Å². The number of aryl methyl sites for hydroxylation is 1. The Hall–Kier alpha value is -4.92. The van der Waals surface area contributed by atoms with Crippen LogP contribution in [0, 0.1) is 0 Å². The van der Waals surface area contributed by atoms with E-state index in [1.54, 1.807) is 35.4 Å². The number of pyridine rings is 1. The Bertz CT molecular complexity index is 1680. The standard InChI is InChI=1S/C29H26N4O5/c1-32-12-10-18(11-13-32)16-33(17-19-6-2-5-9-24(19)34)26-25(27(35)28(26)36)31-23(29(37)38)14-20-15-30-22-8-4-3-7-21(20)22/h2-13,15,23,30H,14,16-17H2,1H3,(H2-,31,34,36,37,38)/p+1/t23-/m0/s1. The lowest BCUT2D eigenvalue weighted by atomic mass is 10.0. The van der Waals surface area contributed by atoms with Crippen LogP contribution in [0.1, 0.15) is 16.7 Å². The number of carboxylic acids is 1. The highest BCUT2D eigenvalue weighted by Crippen LogP contribution is 2.28. The van der Waals surface area contributed by atoms with Gasteiger partial charge in [0.15, 0.2) is 12.4 Å². The molecule has 4 N–H and O–H groups in total. The van der Waals surface area contributed by atoms with E-state index in [4.69, 9.17) is 0 Å². The number of phenols is 1. The predicted molar refractivity (Wildman–Crippen MR) is 144 cm³/mol. The summed E-state index contributed by atoms with van der Waals surface area (Å²) in [4.78, 5) is 42.6. The molecule has 2 heterocycles. The Morgan fingerprint density at radius 2 is 1.68 bits per heavy atom. The minimum atomic E-state index is -1.14. The highest BCUT2D eigenvalue weighted by Gasteiger charge is 2.31. The van der Waals surface area contributed by atoms with Crippen LogP contribution in [-0.2, 0) is 31.4 Å². The molecule has 0 amide bonds. The van der Waals surface area contributed by atoms with Crippen LogP contribution in [0.3, 0.4) is 0 Å². The molecule has 0 saturated carbocycles. The summed E-state index contributed by atoms with van der Waals surface area (Å²) in [5.41, 5.74) is 1.74. The van der Waals surface area contributed by atoms with Gasteiger partial charge in [-0.15, -0.1) is 0 Å². The molecule has 0 aliphatic heterocycles. The molecule has 9 nitrogen and oxygen atoms in total. The Kier molecular flexibility index (Phi) is 6.66. The lowest BCUT2D eigenvalue weighted by Gasteiger charge is -2.29. The summed E-state index contributed by atoms with van der Waals surface area (Å²) < 4.78 is 1.88. The fourth-order valence-electron chi connectivity index (χ4n) is 4.63. The predicted octanol–water partition coefficient (Wildman–Crippen LogP) is 2.61. The van der Waals surface area contributed by atoms with Crippen LogP contribution in [0.5, 0.6) is 5.75 Å². The second kappa shape index (κ2) is 10.2. The molecule has 0 fully saturated rings. The molecule has 0 unspecified atom stereocenters. The van der Waals surface area contributed by atoms with Gasteiger partial charge in [-0.05, 0) is 23.3 Å². The number of benzene rings is 2. The Labute approximate surface area is 217 Å². The number of hydrogen-bond acceptors (Lipinski definition) is 6. The van der Waals surface area contributed by atoms with Crippen molar-refractivity contribution in [3.63, 3.8) is 0 Å². The maximum absolute atomic E-state index is 12.9. The van der Waals surface area contributed by atoms with E-state index in [-0.39, 0.29) is 36.6 Å². The van der Waals surface area contributed by atoms with Gasteiger partial charge in [0.1, 0.15) is 30.2 Å². The van der Waals surface area contributed by atoms with E-state index in [0.717, 1.165) is 22.0 Å². The quantitative estimate of drug-likeness (QED) is 0.168. The number of para-hydroxylation sites is 2. The van der Waals surface area contributed by atoms with Crippen LogP contribution in [0.15, 0.2) is 88.8 Å². The number of aliphatic carboxylic acids is 1. The second-order valence-electron chi connectivity index (χ2n) is 9.34. The second-order valence-corrected chi connectivity index (χ2v) is 9.34. The van der Waals surface area contributed by atoms with Crippen molar-refractivity contribution >= 4 is 28.2 Å². The molecule has 5 rings (SSSR count). The molecule has 5 aromatic rings. The van der Waals surface area contributed by atoms with Gasteiger partial charge in [0.05, 0.1) is 0 Å². The van der Waals surface area contributed by atoms with Gasteiger partial charge in [-0.2, -0.15) is 0 Å². The van der Waals surface area contributed by atoms with Crippen molar-refractivity contribution in [1.29, 1.82) is 0 Å². The molecule has 0 aliphatic carbocycles. The zero-order valence-electron chi connectivity index (χ0n) is 20.7. The first-order chi connectivity index (χ1) is 18.3. The topological polar surface area (TPSA) is 127 Å². The summed E-state index contributed by atoms with van der Waals surface area (Å²) in [7, 11) is 1.89. The van der Waals surface area contributed by atoms with E-state index in [9.17, 15) is 24.6 Å². The number of aromatic amines is 1. The van der Waals surface area contributed by atoms with Crippen LogP contribution in [0.25, 0.3) is 10.9 Å². The Morgan fingerprint density at radius 3 is 2.42 bits per heavy atom. The van der Waals surface area contributed by atoms with E-state index in [1.807, 2.05) is 60.4 Å². The number of anilines is 2. The van der Waals surface area contributed by atoms with Crippen LogP contribution in [-0.4, -0.2) is 27.2 Å². The molecule has 0 saturated heterocycles. The summed E-state index contributed by atoms with van der Waals surface area (Å²) in [5.74, 6) is -1.08. The zero-order chi connectivity index (χ0) is 26.8. The van der Waals surface area contributed by atoms with Gasteiger partial charge in [-0.1, -0.05) is 36.4 Å². The van der Waals surface area contributed by atoms with Gasteiger partial charge in [-0.25, -0.2) is 9.36 Å². The summed E-state index contributed by atoms with van der Waals surface area (Å²) in [6.45, 7) is 0.419. The van der Waals surface area contributed by atoms with Crippen molar-refractivity contribution < 1.29 is 19.6 Å². The molecular formula is C29H27N4O5+. The number of nitrogens with one attached hydrogen (secondary N) is 2. The lowest BCUT2D eigenvalue weighted by molar-refractivity contribution is -0.671. The van der Waals surface area contributed by atoms with E-state index >= 15 is 0 Å². The number of fused-ring (bicyclic) bond motifs is 1. The monoisotopic (exact) mass is 511 g/mol. The molecule has 0 radical (unpaired) electrons. The number of rotatable bonds is 10. The van der Waals surface area contributed by atoms with Crippen molar-refractivity contribution in [3.05, 3.63) is 116 Å². The number of carboxylic acid groups (broad SMARTS) is 1. The number of aromatic nitrogens is 2. The molecular weight excluding hydrogens is 484 g/mol. The van der Waals surface area contributed by atoms with Gasteiger partial charge in [0.2, 0.25) is 0 Å². The molecule has 192 valence electrons. The number of H-pyrrole nitrogens is 1. The normalized spacial score (nSPS) is 12.0. The van der Waals surface area contributed by atoms with Crippen molar-refractivity contribution in [2.75, 3.05) is 10.2 Å². The molecule has 0 aliphatic rings. The summed E-state index contributed by atoms with van der Waals surface area (Å²) >= 11 is 0. The van der Waals surface area contributed by atoms with Crippen molar-refractivity contribution in [2.45, 2.75) is 25.6 Å². The van der Waals surface area contributed by atoms with E-state index in [2.05, 4.69) is 10.3 Å². The Morgan fingerprint density at radius 1 is 0.974 bits per heavy atom. The molecule has 0 bridgehead atoms. The largest absolute Gasteiger partial charge is 0.508 e. The van der Waals surface area contributed by atoms with E-state index in [0.29, 0.717) is 5.56 Å². The molecule has 1 atom stereocenters. The summed E-state index contributed by atoms with van der Waals surface area (Å²) in [5, 5.41) is 24.1. The number of phenolic OH excluding ortho intramolecular Hbond substituents is 1. The Balaban J connectivity index is 1.48. The van der Waals surface area contributed by atoms with Gasteiger partial charge in [0.25, 0.3) is 10.9 Å². The minimum absolute atomic E-state index is 0.0286. The highest BCUT2D eigenvalue weighted by atomic mass is 16.4. The van der Waals surface area contributed by atoms with Gasteiger partial charge in [0, 0.05) is 54.3 Å². The van der Waals surface area contributed by atoms with Crippen LogP contribution >= 0.6 is 0 Å². The fourth-order valence-corrected chi connectivity index (χ4v) is 4.63. The van der Waals surface area contributed by atoms with Gasteiger partial charge in [-0.3, -0.25) is 9.59 Å². The SMILES string of the molecule is C[n+]1ccc(CN(Cc2ccccc2O)c2c(N[C@@H](Cc3c[nH]c4ccccc34)C(=O)O)c(=O)c2=O)cc1. The van der Waals surface area contributed by atoms with Crippen molar-refractivity contribution in [3.8, 4) is 5.75 Å². The average molecular weight is 512 g/mol. The van der Waals surface area contributed by atoms with Crippen molar-refractivity contribution in [2.24, 2.45) is 7.05 Å². The first-order valence-corrected chi connectivity index (χ1v) is 12.2. The van der Waals surface area contributed by atoms with E-state index < -0.39 is 22.9 Å². The summed E-state index contributed by atoms with van der Waals surface area (Å²) in [6, 6.07) is 17.0. The summed E-state index contributed by atoms with van der Waals surface area (Å²) in [6.07, 6.45) is 5.60. The molecule has 38 heavy (non-hydrogen) atoms. The number of aromatic hydroxyl groups is 1. The van der Waals surface area contributed by atoms with E-state index in [1.165, 1.54) is 0 Å². The fraction of sp³-hybridized carbons (Fsp3) is 0.172.